The molecule has 0 fully saturated rings. The molecule has 0 bridgehead atoms. The van der Waals surface area contributed by atoms with E-state index in [1.165, 1.54) is 23.5 Å². The predicted molar refractivity (Wildman–Crippen MR) is 125 cm³/mol. The zero-order valence-corrected chi connectivity index (χ0v) is 20.5. The summed E-state index contributed by atoms with van der Waals surface area (Å²) in [6.45, 7) is 5.13. The molecular weight excluding hydrogens is 455 g/mol. The predicted octanol–water partition coefficient (Wildman–Crippen LogP) is 3.63. The lowest BCUT2D eigenvalue weighted by atomic mass is 10.0. The van der Waals surface area contributed by atoms with Gasteiger partial charge in [-0.2, -0.15) is 4.31 Å². The summed E-state index contributed by atoms with van der Waals surface area (Å²) < 4.78 is 45.8. The van der Waals surface area contributed by atoms with Gasteiger partial charge in [-0.05, 0) is 48.7 Å². The standard InChI is InChI=1S/C23H32ClFN2O4S/c1-17(13-27(18(2)16-28)14-19-7-5-6-8-22(19)24)23(31-4)15-26(3)32(29,30)21-11-9-20(25)10-12-21/h5-12,17-18,23,28H,13-16H2,1-4H3/t17-,18+,23+/m1/s1. The van der Waals surface area contributed by atoms with Crippen molar-refractivity contribution in [3.63, 3.8) is 0 Å². The number of likely N-dealkylation sites (N-methyl/N-ethyl adjacent to an activating group) is 1. The normalized spacial score (nSPS) is 15.2. The number of methoxy groups -OCH3 is 1. The van der Waals surface area contributed by atoms with Crippen LogP contribution in [0, 0.1) is 11.7 Å². The molecule has 2 aromatic rings. The van der Waals surface area contributed by atoms with Crippen LogP contribution in [0.1, 0.15) is 19.4 Å². The fourth-order valence-electron chi connectivity index (χ4n) is 3.47. The number of benzene rings is 2. The third-order valence-corrected chi connectivity index (χ3v) is 7.84. The zero-order valence-electron chi connectivity index (χ0n) is 18.9. The zero-order chi connectivity index (χ0) is 23.9. The van der Waals surface area contributed by atoms with E-state index in [-0.39, 0.29) is 30.0 Å². The Kier molecular flexibility index (Phi) is 10.1. The molecule has 0 radical (unpaired) electrons. The van der Waals surface area contributed by atoms with Gasteiger partial charge in [0.15, 0.2) is 0 Å². The quantitative estimate of drug-likeness (QED) is 0.496. The summed E-state index contributed by atoms with van der Waals surface area (Å²) in [5.41, 5.74) is 0.951. The Balaban J connectivity index is 2.12. The SMILES string of the molecule is CO[C@@H](CN(C)S(=O)(=O)c1ccc(F)cc1)[C@H](C)CN(Cc1ccccc1Cl)[C@@H](C)CO. The van der Waals surface area contributed by atoms with Crippen LogP contribution in [0.15, 0.2) is 53.4 Å². The van der Waals surface area contributed by atoms with Gasteiger partial charge in [0.2, 0.25) is 10.0 Å². The number of hydrogen-bond donors (Lipinski definition) is 1. The Morgan fingerprint density at radius 2 is 1.72 bits per heavy atom. The molecule has 1 N–H and O–H groups in total. The van der Waals surface area contributed by atoms with Crippen molar-refractivity contribution in [2.45, 2.75) is 37.4 Å². The summed E-state index contributed by atoms with van der Waals surface area (Å²) in [7, 11) is -0.752. The highest BCUT2D eigenvalue weighted by atomic mass is 35.5. The summed E-state index contributed by atoms with van der Waals surface area (Å²) in [4.78, 5) is 2.13. The first-order chi connectivity index (χ1) is 15.1. The highest BCUT2D eigenvalue weighted by Gasteiger charge is 2.28. The third kappa shape index (κ3) is 6.97. The Labute approximate surface area is 195 Å². The van der Waals surface area contributed by atoms with E-state index in [0.717, 1.165) is 17.7 Å². The van der Waals surface area contributed by atoms with Crippen molar-refractivity contribution >= 4 is 21.6 Å². The van der Waals surface area contributed by atoms with E-state index >= 15 is 0 Å². The molecule has 0 unspecified atom stereocenters. The maximum atomic E-state index is 13.2. The van der Waals surface area contributed by atoms with Crippen LogP contribution < -0.4 is 0 Å². The van der Waals surface area contributed by atoms with Gasteiger partial charge < -0.3 is 9.84 Å². The monoisotopic (exact) mass is 486 g/mol. The van der Waals surface area contributed by atoms with E-state index in [0.29, 0.717) is 18.1 Å². The molecule has 32 heavy (non-hydrogen) atoms. The van der Waals surface area contributed by atoms with Gasteiger partial charge in [-0.25, -0.2) is 12.8 Å². The van der Waals surface area contributed by atoms with E-state index in [1.54, 1.807) is 7.11 Å². The number of nitrogens with zero attached hydrogens (tertiary/aromatic N) is 2. The Bertz CT molecular complexity index is 959. The summed E-state index contributed by atoms with van der Waals surface area (Å²) in [5.74, 6) is -0.547. The highest BCUT2D eigenvalue weighted by molar-refractivity contribution is 7.89. The van der Waals surface area contributed by atoms with Gasteiger partial charge in [-0.15, -0.1) is 0 Å². The van der Waals surface area contributed by atoms with Crippen molar-refractivity contribution in [2.75, 3.05) is 33.9 Å². The van der Waals surface area contributed by atoms with E-state index in [9.17, 15) is 17.9 Å². The molecule has 3 atom stereocenters. The molecule has 0 aromatic heterocycles. The number of ether oxygens (including phenoxy) is 1. The van der Waals surface area contributed by atoms with Gasteiger partial charge in [0, 0.05) is 44.9 Å². The van der Waals surface area contributed by atoms with Crippen LogP contribution in [-0.2, 0) is 21.3 Å². The Morgan fingerprint density at radius 1 is 1.09 bits per heavy atom. The lowest BCUT2D eigenvalue weighted by Crippen LogP contribution is -2.44. The van der Waals surface area contributed by atoms with Gasteiger partial charge in [0.05, 0.1) is 17.6 Å². The molecule has 0 aliphatic rings. The van der Waals surface area contributed by atoms with E-state index in [4.69, 9.17) is 16.3 Å². The van der Waals surface area contributed by atoms with Gasteiger partial charge in [-0.3, -0.25) is 4.90 Å². The van der Waals surface area contributed by atoms with Crippen LogP contribution in [0.4, 0.5) is 4.39 Å². The lowest BCUT2D eigenvalue weighted by molar-refractivity contribution is 0.0194. The second-order valence-corrected chi connectivity index (χ2v) is 10.5. The van der Waals surface area contributed by atoms with E-state index < -0.39 is 21.9 Å². The minimum atomic E-state index is -3.78. The van der Waals surface area contributed by atoms with Crippen molar-refractivity contribution < 1.29 is 22.7 Å². The van der Waals surface area contributed by atoms with Gasteiger partial charge in [0.25, 0.3) is 0 Å². The smallest absolute Gasteiger partial charge is 0.242 e. The minimum absolute atomic E-state index is 0.0202. The number of halogens is 2. The van der Waals surface area contributed by atoms with E-state index in [1.807, 2.05) is 38.1 Å². The highest BCUT2D eigenvalue weighted by Crippen LogP contribution is 2.22. The molecular formula is C23H32ClFN2O4S. The molecule has 2 rings (SSSR count). The maximum absolute atomic E-state index is 13.2. The van der Waals surface area contributed by atoms with Crippen LogP contribution in [0.25, 0.3) is 0 Å². The summed E-state index contributed by atoms with van der Waals surface area (Å²) in [6.07, 6.45) is -0.394. The lowest BCUT2D eigenvalue weighted by Gasteiger charge is -2.34. The molecule has 0 saturated carbocycles. The van der Waals surface area contributed by atoms with E-state index in [2.05, 4.69) is 4.90 Å². The van der Waals surface area contributed by atoms with Crippen LogP contribution in [0.5, 0.6) is 0 Å². The molecule has 9 heteroatoms. The molecule has 0 aliphatic carbocycles. The Morgan fingerprint density at radius 3 is 2.28 bits per heavy atom. The van der Waals surface area contributed by atoms with Crippen molar-refractivity contribution in [1.82, 2.24) is 9.21 Å². The Hall–Kier alpha value is -1.55. The van der Waals surface area contributed by atoms with Crippen LogP contribution in [0.2, 0.25) is 5.02 Å². The van der Waals surface area contributed by atoms with Crippen molar-refractivity contribution in [2.24, 2.45) is 5.92 Å². The first kappa shape index (κ1) is 26.7. The number of aliphatic hydroxyl groups excluding tert-OH is 1. The minimum Gasteiger partial charge on any atom is -0.395 e. The van der Waals surface area contributed by atoms with Gasteiger partial charge in [-0.1, -0.05) is 36.7 Å². The van der Waals surface area contributed by atoms with Crippen LogP contribution in [0.3, 0.4) is 0 Å². The number of rotatable bonds is 12. The maximum Gasteiger partial charge on any atom is 0.242 e. The largest absolute Gasteiger partial charge is 0.395 e. The van der Waals surface area contributed by atoms with Gasteiger partial charge in [0.1, 0.15) is 5.82 Å². The molecule has 0 aliphatic heterocycles. The number of aliphatic hydroxyl groups is 1. The molecule has 2 aromatic carbocycles. The summed E-state index contributed by atoms with van der Waals surface area (Å²) >= 11 is 6.32. The first-order valence-electron chi connectivity index (χ1n) is 10.4. The first-order valence-corrected chi connectivity index (χ1v) is 12.2. The molecule has 6 nitrogen and oxygen atoms in total. The molecule has 0 spiro atoms. The van der Waals surface area contributed by atoms with Crippen molar-refractivity contribution in [1.29, 1.82) is 0 Å². The average molecular weight is 487 g/mol. The van der Waals surface area contributed by atoms with Crippen molar-refractivity contribution in [3.8, 4) is 0 Å². The van der Waals surface area contributed by atoms with Gasteiger partial charge >= 0.3 is 0 Å². The number of sulfonamides is 1. The van der Waals surface area contributed by atoms with Crippen LogP contribution >= 0.6 is 11.6 Å². The molecule has 0 amide bonds. The molecule has 0 saturated heterocycles. The molecule has 0 heterocycles. The summed E-state index contributed by atoms with van der Waals surface area (Å²) in [6, 6.07) is 12.2. The second-order valence-electron chi connectivity index (χ2n) is 8.04. The third-order valence-electron chi connectivity index (χ3n) is 5.64. The van der Waals surface area contributed by atoms with Crippen LogP contribution in [-0.4, -0.2) is 68.7 Å². The summed E-state index contributed by atoms with van der Waals surface area (Å²) in [5, 5.41) is 10.4. The average Bonchev–Trinajstić information content (AvgIpc) is 2.77. The molecule has 178 valence electrons. The van der Waals surface area contributed by atoms with Crippen molar-refractivity contribution in [3.05, 3.63) is 64.9 Å². The fraction of sp³-hybridized carbons (Fsp3) is 0.478. The fourth-order valence-corrected chi connectivity index (χ4v) is 4.85. The number of hydrogen-bond acceptors (Lipinski definition) is 5. The second kappa shape index (κ2) is 12.1. The topological polar surface area (TPSA) is 70.1 Å².